The molecule has 0 aliphatic heterocycles. The second-order valence-corrected chi connectivity index (χ2v) is 5.71. The highest BCUT2D eigenvalue weighted by molar-refractivity contribution is 7.97. The molecule has 112 valence electrons. The van der Waals surface area contributed by atoms with E-state index in [0.29, 0.717) is 4.90 Å². The summed E-state index contributed by atoms with van der Waals surface area (Å²) < 4.78 is 44.1. The largest absolute Gasteiger partial charge is 0.573 e. The van der Waals surface area contributed by atoms with E-state index in [4.69, 9.17) is 5.73 Å². The molecule has 3 N–H and O–H groups in total. The van der Waals surface area contributed by atoms with Crippen molar-refractivity contribution in [2.24, 2.45) is 5.73 Å². The Labute approximate surface area is 120 Å². The first kappa shape index (κ1) is 15.5. The van der Waals surface area contributed by atoms with Crippen LogP contribution < -0.4 is 15.2 Å². The van der Waals surface area contributed by atoms with E-state index in [0.717, 1.165) is 25.7 Å². The Kier molecular flexibility index (Phi) is 5.17. The molecule has 0 saturated heterocycles. The average Bonchev–Trinajstić information content (AvgIpc) is 2.38. The maximum atomic E-state index is 12.3. The Morgan fingerprint density at radius 2 is 1.80 bits per heavy atom. The Morgan fingerprint density at radius 3 is 2.45 bits per heavy atom. The minimum atomic E-state index is -4.67. The third-order valence-electron chi connectivity index (χ3n) is 3.18. The smallest absolute Gasteiger partial charge is 0.405 e. The molecule has 1 saturated carbocycles. The first-order chi connectivity index (χ1) is 9.44. The molecule has 1 fully saturated rings. The number of hydrogen-bond acceptors (Lipinski definition) is 4. The van der Waals surface area contributed by atoms with Crippen molar-refractivity contribution in [2.75, 3.05) is 0 Å². The molecule has 7 heteroatoms. The Hall–Kier alpha value is -0.920. The summed E-state index contributed by atoms with van der Waals surface area (Å²) in [5.41, 5.74) is 5.82. The van der Waals surface area contributed by atoms with Gasteiger partial charge >= 0.3 is 6.36 Å². The fourth-order valence-corrected chi connectivity index (χ4v) is 3.01. The fourth-order valence-electron chi connectivity index (χ4n) is 2.13. The molecule has 0 bridgehead atoms. The van der Waals surface area contributed by atoms with Crippen LogP contribution in [0.5, 0.6) is 5.75 Å². The van der Waals surface area contributed by atoms with Crippen LogP contribution in [-0.2, 0) is 0 Å². The maximum Gasteiger partial charge on any atom is 0.573 e. The van der Waals surface area contributed by atoms with Crippen LogP contribution in [0.15, 0.2) is 29.2 Å². The van der Waals surface area contributed by atoms with Gasteiger partial charge in [-0.05, 0) is 49.8 Å². The van der Waals surface area contributed by atoms with Crippen molar-refractivity contribution in [3.8, 4) is 5.75 Å². The number of para-hydroxylation sites is 1. The SMILES string of the molecule is NC1CCC(NSc2ccccc2OC(F)(F)F)CC1. The molecule has 0 radical (unpaired) electrons. The molecule has 0 atom stereocenters. The average molecular weight is 306 g/mol. The van der Waals surface area contributed by atoms with Crippen LogP contribution in [0.2, 0.25) is 0 Å². The van der Waals surface area contributed by atoms with Gasteiger partial charge in [0.25, 0.3) is 0 Å². The highest BCUT2D eigenvalue weighted by atomic mass is 32.2. The molecule has 0 amide bonds. The van der Waals surface area contributed by atoms with Crippen molar-refractivity contribution in [3.63, 3.8) is 0 Å². The molecule has 1 aliphatic rings. The summed E-state index contributed by atoms with van der Waals surface area (Å²) in [6.45, 7) is 0. The molecule has 0 aromatic heterocycles. The Balaban J connectivity index is 1.92. The zero-order valence-corrected chi connectivity index (χ0v) is 11.6. The summed E-state index contributed by atoms with van der Waals surface area (Å²) >= 11 is 1.18. The monoisotopic (exact) mass is 306 g/mol. The van der Waals surface area contributed by atoms with Crippen molar-refractivity contribution in [1.82, 2.24) is 4.72 Å². The van der Waals surface area contributed by atoms with E-state index in [1.54, 1.807) is 12.1 Å². The van der Waals surface area contributed by atoms with Crippen LogP contribution in [0, 0.1) is 0 Å². The number of ether oxygens (including phenoxy) is 1. The number of halogens is 3. The van der Waals surface area contributed by atoms with Crippen LogP contribution >= 0.6 is 11.9 Å². The van der Waals surface area contributed by atoms with Crippen LogP contribution in [0.3, 0.4) is 0 Å². The van der Waals surface area contributed by atoms with Gasteiger partial charge < -0.3 is 10.5 Å². The van der Waals surface area contributed by atoms with Gasteiger partial charge in [-0.25, -0.2) is 0 Å². The van der Waals surface area contributed by atoms with Gasteiger partial charge in [-0.1, -0.05) is 12.1 Å². The molecule has 20 heavy (non-hydrogen) atoms. The van der Waals surface area contributed by atoms with E-state index >= 15 is 0 Å². The van der Waals surface area contributed by atoms with Gasteiger partial charge in [0.05, 0.1) is 4.90 Å². The number of rotatable bonds is 4. The second-order valence-electron chi connectivity index (χ2n) is 4.83. The lowest BCUT2D eigenvalue weighted by Crippen LogP contribution is -2.34. The minimum Gasteiger partial charge on any atom is -0.405 e. The number of alkyl halides is 3. The van der Waals surface area contributed by atoms with Crippen LogP contribution in [0.4, 0.5) is 13.2 Å². The molecule has 1 aromatic carbocycles. The number of hydrogen-bond donors (Lipinski definition) is 2. The van der Waals surface area contributed by atoms with E-state index in [9.17, 15) is 13.2 Å². The van der Waals surface area contributed by atoms with Crippen LogP contribution in [0.25, 0.3) is 0 Å². The molecule has 1 aromatic rings. The van der Waals surface area contributed by atoms with Gasteiger partial charge in [0.1, 0.15) is 5.75 Å². The fraction of sp³-hybridized carbons (Fsp3) is 0.538. The molecule has 0 unspecified atom stereocenters. The lowest BCUT2D eigenvalue weighted by atomic mass is 9.93. The van der Waals surface area contributed by atoms with Crippen molar-refractivity contribution in [2.45, 2.75) is 49.0 Å². The van der Waals surface area contributed by atoms with Crippen LogP contribution in [-0.4, -0.2) is 18.4 Å². The van der Waals surface area contributed by atoms with Crippen molar-refractivity contribution >= 4 is 11.9 Å². The molecular weight excluding hydrogens is 289 g/mol. The Morgan fingerprint density at radius 1 is 1.15 bits per heavy atom. The maximum absolute atomic E-state index is 12.3. The quantitative estimate of drug-likeness (QED) is 0.837. The normalized spacial score (nSPS) is 23.6. The number of nitrogens with two attached hydrogens (primary N) is 1. The first-order valence-corrected chi connectivity index (χ1v) is 7.28. The predicted molar refractivity (Wildman–Crippen MR) is 72.3 cm³/mol. The number of nitrogens with one attached hydrogen (secondary N) is 1. The van der Waals surface area contributed by atoms with E-state index < -0.39 is 6.36 Å². The molecule has 1 aliphatic carbocycles. The molecule has 0 spiro atoms. The van der Waals surface area contributed by atoms with Gasteiger partial charge in [0.15, 0.2) is 0 Å². The summed E-state index contributed by atoms with van der Waals surface area (Å²) in [5, 5.41) is 0. The summed E-state index contributed by atoms with van der Waals surface area (Å²) in [7, 11) is 0. The molecule has 2 rings (SSSR count). The highest BCUT2D eigenvalue weighted by Crippen LogP contribution is 2.32. The third kappa shape index (κ3) is 4.88. The van der Waals surface area contributed by atoms with Crippen molar-refractivity contribution < 1.29 is 17.9 Å². The summed E-state index contributed by atoms with van der Waals surface area (Å²) in [6, 6.07) is 6.65. The van der Waals surface area contributed by atoms with Crippen LogP contribution in [0.1, 0.15) is 25.7 Å². The lowest BCUT2D eigenvalue weighted by molar-refractivity contribution is -0.275. The number of benzene rings is 1. The highest BCUT2D eigenvalue weighted by Gasteiger charge is 2.32. The topological polar surface area (TPSA) is 47.3 Å². The predicted octanol–water partition coefficient (Wildman–Crippen LogP) is 3.45. The molecule has 3 nitrogen and oxygen atoms in total. The van der Waals surface area contributed by atoms with Gasteiger partial charge in [0, 0.05) is 12.1 Å². The van der Waals surface area contributed by atoms with Crippen molar-refractivity contribution in [1.29, 1.82) is 0 Å². The third-order valence-corrected chi connectivity index (χ3v) is 4.19. The van der Waals surface area contributed by atoms with Crippen molar-refractivity contribution in [3.05, 3.63) is 24.3 Å². The first-order valence-electron chi connectivity index (χ1n) is 6.47. The second kappa shape index (κ2) is 6.69. The molecular formula is C13H17F3N2OS. The van der Waals surface area contributed by atoms with E-state index in [-0.39, 0.29) is 17.8 Å². The van der Waals surface area contributed by atoms with Gasteiger partial charge in [-0.15, -0.1) is 13.2 Å². The summed E-state index contributed by atoms with van der Waals surface area (Å²) in [6.07, 6.45) is -0.904. The van der Waals surface area contributed by atoms with E-state index in [2.05, 4.69) is 9.46 Å². The van der Waals surface area contributed by atoms with E-state index in [1.807, 2.05) is 0 Å². The Bertz CT molecular complexity index is 434. The molecule has 0 heterocycles. The van der Waals surface area contributed by atoms with Gasteiger partial charge in [0.2, 0.25) is 0 Å². The minimum absolute atomic E-state index is 0.176. The lowest BCUT2D eigenvalue weighted by Gasteiger charge is -2.26. The zero-order valence-electron chi connectivity index (χ0n) is 10.8. The van der Waals surface area contributed by atoms with E-state index in [1.165, 1.54) is 24.1 Å². The summed E-state index contributed by atoms with van der Waals surface area (Å²) in [5.74, 6) is -0.176. The van der Waals surface area contributed by atoms with Gasteiger partial charge in [-0.3, -0.25) is 4.72 Å². The van der Waals surface area contributed by atoms with Gasteiger partial charge in [-0.2, -0.15) is 0 Å². The summed E-state index contributed by atoms with van der Waals surface area (Å²) in [4.78, 5) is 0.430. The standard InChI is InChI=1S/C13H17F3N2OS/c14-13(15,16)19-11-3-1-2-4-12(11)20-18-10-7-5-9(17)6-8-10/h1-4,9-10,18H,5-8,17H2. The zero-order chi connectivity index (χ0) is 14.6.